The monoisotopic (exact) mass is 316 g/mol. The topological polar surface area (TPSA) is 106 Å². The Morgan fingerprint density at radius 3 is 2.40 bits per heavy atom. The Bertz CT molecular complexity index is 780. The first-order valence-electron chi connectivity index (χ1n) is 5.91. The molecule has 110 valence electrons. The first-order valence-corrected chi connectivity index (χ1v) is 9.10. The van der Waals surface area contributed by atoms with Gasteiger partial charge in [0.25, 0.3) is 0 Å². The second kappa shape index (κ2) is 4.87. The van der Waals surface area contributed by atoms with Gasteiger partial charge in [-0.2, -0.15) is 0 Å². The summed E-state index contributed by atoms with van der Waals surface area (Å²) >= 11 is 0. The molecule has 0 radical (unpaired) electrons. The molecular weight excluding hydrogens is 300 g/mol. The van der Waals surface area contributed by atoms with E-state index < -0.39 is 25.9 Å². The Morgan fingerprint density at radius 2 is 1.85 bits per heavy atom. The Morgan fingerprint density at radius 1 is 1.25 bits per heavy atom. The molecule has 6 nitrogen and oxygen atoms in total. The maximum atomic E-state index is 12.3. The van der Waals surface area contributed by atoms with E-state index in [1.165, 1.54) is 12.1 Å². The highest BCUT2D eigenvalue weighted by molar-refractivity contribution is 7.94. The number of anilines is 1. The van der Waals surface area contributed by atoms with Crippen molar-refractivity contribution < 1.29 is 16.8 Å². The van der Waals surface area contributed by atoms with Gasteiger partial charge < -0.3 is 5.73 Å². The predicted molar refractivity (Wildman–Crippen MR) is 77.4 cm³/mol. The maximum Gasteiger partial charge on any atom is 0.243 e. The van der Waals surface area contributed by atoms with E-state index in [0.717, 1.165) is 16.5 Å². The van der Waals surface area contributed by atoms with Gasteiger partial charge in [0.2, 0.25) is 10.0 Å². The van der Waals surface area contributed by atoms with E-state index in [9.17, 15) is 16.8 Å². The van der Waals surface area contributed by atoms with Crippen molar-refractivity contribution in [3.8, 4) is 0 Å². The lowest BCUT2D eigenvalue weighted by molar-refractivity contribution is 0.575. The number of rotatable bonds is 3. The van der Waals surface area contributed by atoms with Crippen LogP contribution in [0.15, 0.2) is 28.5 Å². The lowest BCUT2D eigenvalue weighted by atomic mass is 10.1. The highest BCUT2D eigenvalue weighted by atomic mass is 32.2. The average Bonchev–Trinajstić information content (AvgIpc) is 2.62. The van der Waals surface area contributed by atoms with Crippen LogP contribution in [0.4, 0.5) is 5.69 Å². The molecule has 1 unspecified atom stereocenters. The molecular formula is C12H16N2O4S2. The highest BCUT2D eigenvalue weighted by Gasteiger charge is 2.27. The molecule has 1 aliphatic rings. The molecule has 0 bridgehead atoms. The van der Waals surface area contributed by atoms with Crippen molar-refractivity contribution in [1.29, 1.82) is 0 Å². The van der Waals surface area contributed by atoms with Crippen molar-refractivity contribution in [2.45, 2.75) is 24.8 Å². The normalized spacial score (nSPS) is 21.2. The number of nitrogens with one attached hydrogen (secondary N) is 1. The molecule has 20 heavy (non-hydrogen) atoms. The minimum Gasteiger partial charge on any atom is -0.398 e. The largest absolute Gasteiger partial charge is 0.398 e. The van der Waals surface area contributed by atoms with E-state index in [1.54, 1.807) is 13.0 Å². The zero-order valence-corrected chi connectivity index (χ0v) is 12.8. The highest BCUT2D eigenvalue weighted by Crippen LogP contribution is 2.23. The predicted octanol–water partition coefficient (Wildman–Crippen LogP) is 0.475. The summed E-state index contributed by atoms with van der Waals surface area (Å²) in [4.78, 5) is -0.0294. The molecule has 1 aromatic carbocycles. The molecule has 1 aliphatic heterocycles. The van der Waals surface area contributed by atoms with Crippen molar-refractivity contribution in [1.82, 2.24) is 4.72 Å². The van der Waals surface area contributed by atoms with Crippen molar-refractivity contribution in [3.05, 3.63) is 34.7 Å². The van der Waals surface area contributed by atoms with Gasteiger partial charge in [0, 0.05) is 5.41 Å². The number of benzene rings is 1. The van der Waals surface area contributed by atoms with Crippen LogP contribution in [-0.4, -0.2) is 28.6 Å². The van der Waals surface area contributed by atoms with Crippen LogP contribution in [0.1, 0.15) is 11.1 Å². The molecule has 0 fully saturated rings. The number of sulfonamides is 1. The van der Waals surface area contributed by atoms with Gasteiger partial charge >= 0.3 is 0 Å². The second-order valence-electron chi connectivity index (χ2n) is 4.86. The Kier molecular flexibility index (Phi) is 3.66. The molecule has 0 spiro atoms. The number of hydrogen-bond donors (Lipinski definition) is 2. The molecule has 0 saturated carbocycles. The molecule has 3 N–H and O–H groups in total. The summed E-state index contributed by atoms with van der Waals surface area (Å²) in [6.45, 7) is 3.62. The molecule has 1 aromatic rings. The first-order chi connectivity index (χ1) is 9.11. The first kappa shape index (κ1) is 15.0. The molecule has 1 heterocycles. The number of aryl methyl sites for hydroxylation is 2. The molecule has 8 heteroatoms. The van der Waals surface area contributed by atoms with Gasteiger partial charge in [-0.05, 0) is 37.1 Å². The van der Waals surface area contributed by atoms with Crippen molar-refractivity contribution in [3.63, 3.8) is 0 Å². The third-order valence-electron chi connectivity index (χ3n) is 3.15. The molecule has 1 atom stereocenters. The Hall–Kier alpha value is -1.38. The standard InChI is InChI=1S/C12H16N2O4S2/c1-8-5-11(13)12(6-9(8)2)20(17,18)14-10-3-4-19(15,16)7-10/h3-6,10,14H,7,13H2,1-2H3. The molecule has 0 aromatic heterocycles. The quantitative estimate of drug-likeness (QED) is 0.789. The van der Waals surface area contributed by atoms with Crippen LogP contribution in [-0.2, 0) is 19.9 Å². The molecule has 0 aliphatic carbocycles. The van der Waals surface area contributed by atoms with Crippen LogP contribution in [0.5, 0.6) is 0 Å². The second-order valence-corrected chi connectivity index (χ2v) is 8.47. The van der Waals surface area contributed by atoms with Crippen LogP contribution in [0.3, 0.4) is 0 Å². The van der Waals surface area contributed by atoms with Gasteiger partial charge in [0.1, 0.15) is 4.90 Å². The summed E-state index contributed by atoms with van der Waals surface area (Å²) in [5, 5.41) is 1.02. The van der Waals surface area contributed by atoms with Crippen molar-refractivity contribution in [2.24, 2.45) is 0 Å². The molecule has 0 saturated heterocycles. The van der Waals surface area contributed by atoms with Crippen molar-refractivity contribution in [2.75, 3.05) is 11.5 Å². The SMILES string of the molecule is Cc1cc(N)c(S(=O)(=O)NC2C=CS(=O)(=O)C2)cc1C. The van der Waals surface area contributed by atoms with E-state index in [-0.39, 0.29) is 16.3 Å². The fourth-order valence-electron chi connectivity index (χ4n) is 1.96. The van der Waals surface area contributed by atoms with E-state index in [0.29, 0.717) is 0 Å². The smallest absolute Gasteiger partial charge is 0.243 e. The minimum atomic E-state index is -3.85. The van der Waals surface area contributed by atoms with Crippen molar-refractivity contribution >= 4 is 25.5 Å². The van der Waals surface area contributed by atoms with Gasteiger partial charge in [0.05, 0.1) is 17.5 Å². The van der Waals surface area contributed by atoms with Gasteiger partial charge in [0.15, 0.2) is 9.84 Å². The van der Waals surface area contributed by atoms with E-state index in [4.69, 9.17) is 5.73 Å². The molecule has 2 rings (SSSR count). The Labute approximate surface area is 118 Å². The minimum absolute atomic E-state index is 0.0294. The summed E-state index contributed by atoms with van der Waals surface area (Å²) in [6, 6.07) is 2.32. The number of nitrogens with two attached hydrogens (primary N) is 1. The maximum absolute atomic E-state index is 12.3. The third kappa shape index (κ3) is 3.02. The fraction of sp³-hybridized carbons (Fsp3) is 0.333. The van der Waals surface area contributed by atoms with Gasteiger partial charge in [-0.15, -0.1) is 0 Å². The lowest BCUT2D eigenvalue weighted by Gasteiger charge is -2.14. The average molecular weight is 316 g/mol. The van der Waals surface area contributed by atoms with Crippen LogP contribution in [0.2, 0.25) is 0 Å². The number of sulfone groups is 1. The lowest BCUT2D eigenvalue weighted by Crippen LogP contribution is -2.35. The van der Waals surface area contributed by atoms with Gasteiger partial charge in [-0.3, -0.25) is 0 Å². The third-order valence-corrected chi connectivity index (χ3v) is 6.09. The van der Waals surface area contributed by atoms with Crippen LogP contribution in [0.25, 0.3) is 0 Å². The molecule has 0 amide bonds. The summed E-state index contributed by atoms with van der Waals surface area (Å²) in [5.41, 5.74) is 7.59. The van der Waals surface area contributed by atoms with E-state index in [1.807, 2.05) is 6.92 Å². The summed E-state index contributed by atoms with van der Waals surface area (Å²) in [6.07, 6.45) is 1.32. The van der Waals surface area contributed by atoms with E-state index in [2.05, 4.69) is 4.72 Å². The summed E-state index contributed by atoms with van der Waals surface area (Å²) in [5.74, 6) is -0.267. The van der Waals surface area contributed by atoms with Crippen LogP contribution in [0, 0.1) is 13.8 Å². The number of hydrogen-bond acceptors (Lipinski definition) is 5. The zero-order chi connectivity index (χ0) is 15.1. The van der Waals surface area contributed by atoms with Crippen LogP contribution >= 0.6 is 0 Å². The van der Waals surface area contributed by atoms with Gasteiger partial charge in [-0.1, -0.05) is 6.08 Å². The van der Waals surface area contributed by atoms with Gasteiger partial charge in [-0.25, -0.2) is 21.6 Å². The zero-order valence-electron chi connectivity index (χ0n) is 11.1. The van der Waals surface area contributed by atoms with Crippen LogP contribution < -0.4 is 10.5 Å². The summed E-state index contributed by atoms with van der Waals surface area (Å²) in [7, 11) is -7.17. The van der Waals surface area contributed by atoms with E-state index >= 15 is 0 Å². The Balaban J connectivity index is 2.33. The summed E-state index contributed by atoms with van der Waals surface area (Å²) < 4.78 is 49.4. The number of nitrogen functional groups attached to an aromatic ring is 1. The fourth-order valence-corrected chi connectivity index (χ4v) is 4.69.